The van der Waals surface area contributed by atoms with E-state index in [0.29, 0.717) is 12.0 Å². The van der Waals surface area contributed by atoms with E-state index in [1.54, 1.807) is 0 Å². The Morgan fingerprint density at radius 2 is 1.62 bits per heavy atom. The van der Waals surface area contributed by atoms with E-state index in [-0.39, 0.29) is 23.1 Å². The second kappa shape index (κ2) is 11.7. The van der Waals surface area contributed by atoms with E-state index in [9.17, 15) is 0 Å². The molecule has 0 radical (unpaired) electrons. The molecule has 2 aromatic rings. The molecule has 1 N–H and O–H groups in total. The fourth-order valence-corrected chi connectivity index (χ4v) is 1.83. The van der Waals surface area contributed by atoms with Gasteiger partial charge in [0.1, 0.15) is 0 Å². The molecule has 0 fully saturated rings. The van der Waals surface area contributed by atoms with Crippen LogP contribution in [0.25, 0.3) is 0 Å². The second-order valence-electron chi connectivity index (χ2n) is 5.15. The Balaban J connectivity index is 0.000000364. The third-order valence-corrected chi connectivity index (χ3v) is 3.71. The number of nitrogens with zero attached hydrogens (tertiary/aromatic N) is 1. The Morgan fingerprint density at radius 1 is 1.05 bits per heavy atom. The van der Waals surface area contributed by atoms with Crippen molar-refractivity contribution < 1.29 is 9.55 Å². The first-order chi connectivity index (χ1) is 9.69. The number of benzene rings is 1. The van der Waals surface area contributed by atoms with E-state index >= 15 is 0 Å². The van der Waals surface area contributed by atoms with Crippen molar-refractivity contribution in [3.8, 4) is 0 Å². The summed E-state index contributed by atoms with van der Waals surface area (Å²) in [4.78, 5) is 2.99. The zero-order chi connectivity index (χ0) is 14.8. The molecule has 3 heteroatoms. The van der Waals surface area contributed by atoms with Crippen LogP contribution in [0.2, 0.25) is 0 Å². The first-order valence-electron chi connectivity index (χ1n) is 7.51. The molecule has 0 saturated carbocycles. The van der Waals surface area contributed by atoms with Gasteiger partial charge in [-0.1, -0.05) is 27.2 Å². The molecule has 0 aliphatic rings. The van der Waals surface area contributed by atoms with Crippen LogP contribution in [0.1, 0.15) is 58.1 Å². The average Bonchev–Trinajstić information content (AvgIpc) is 2.55. The van der Waals surface area contributed by atoms with Gasteiger partial charge in [0.15, 0.2) is 6.04 Å². The van der Waals surface area contributed by atoms with Crippen LogP contribution >= 0.6 is 0 Å². The van der Waals surface area contributed by atoms with Crippen molar-refractivity contribution in [3.05, 3.63) is 60.7 Å². The van der Waals surface area contributed by atoms with Crippen LogP contribution in [0.3, 0.4) is 0 Å². The monoisotopic (exact) mass is 295 g/mol. The number of rotatable bonds is 4. The molecule has 2 atom stereocenters. The topological polar surface area (TPSA) is 18.0 Å². The van der Waals surface area contributed by atoms with Crippen molar-refractivity contribution >= 4 is 23.1 Å². The van der Waals surface area contributed by atoms with Gasteiger partial charge in [0, 0.05) is 6.42 Å². The maximum atomic E-state index is 3.01. The van der Waals surface area contributed by atoms with Crippen LogP contribution < -0.4 is 9.55 Å². The Labute approximate surface area is 145 Å². The average molecular weight is 296 g/mol. The summed E-state index contributed by atoms with van der Waals surface area (Å²) in [6, 6.07) is 11.8. The maximum Gasteiger partial charge on any atom is 2.00 e. The SMILES string of the molecule is CCC(C)[n+]1cc[nH+]cc1.CCC(C)c1cc[c-]cc1.[Mg+2]. The quantitative estimate of drug-likeness (QED) is 0.468. The van der Waals surface area contributed by atoms with Crippen LogP contribution in [0.4, 0.5) is 0 Å². The van der Waals surface area contributed by atoms with E-state index in [2.05, 4.69) is 55.4 Å². The fourth-order valence-electron chi connectivity index (χ4n) is 1.83. The molecule has 0 spiro atoms. The molecular weight excluding hydrogens is 269 g/mol. The first kappa shape index (κ1) is 20.1. The fraction of sp³-hybridized carbons (Fsp3) is 0.444. The Bertz CT molecular complexity index is 414. The number of H-pyrrole nitrogens is 1. The van der Waals surface area contributed by atoms with Gasteiger partial charge in [-0.25, -0.2) is 4.98 Å². The predicted octanol–water partition coefficient (Wildman–Crippen LogP) is 3.38. The number of hydrogen-bond acceptors (Lipinski definition) is 0. The van der Waals surface area contributed by atoms with Crippen LogP contribution in [0.5, 0.6) is 0 Å². The van der Waals surface area contributed by atoms with Crippen molar-refractivity contribution in [1.29, 1.82) is 0 Å². The van der Waals surface area contributed by atoms with Crippen LogP contribution in [-0.4, -0.2) is 23.1 Å². The summed E-state index contributed by atoms with van der Waals surface area (Å²) in [5.41, 5.74) is 1.42. The Kier molecular flexibility index (Phi) is 11.2. The minimum absolute atomic E-state index is 0. The molecular formula is C18H27MgN2+3. The third kappa shape index (κ3) is 7.58. The van der Waals surface area contributed by atoms with Crippen molar-refractivity contribution in [2.24, 2.45) is 0 Å². The largest absolute Gasteiger partial charge is 2.00 e. The summed E-state index contributed by atoms with van der Waals surface area (Å²) in [6.45, 7) is 8.85. The maximum absolute atomic E-state index is 3.01. The molecule has 0 bridgehead atoms. The molecule has 2 rings (SSSR count). The van der Waals surface area contributed by atoms with Crippen LogP contribution in [-0.2, 0) is 0 Å². The zero-order valence-electron chi connectivity index (χ0n) is 13.8. The number of aromatic amines is 1. The molecule has 2 nitrogen and oxygen atoms in total. The van der Waals surface area contributed by atoms with Crippen molar-refractivity contribution in [2.45, 2.75) is 52.5 Å². The van der Waals surface area contributed by atoms with Gasteiger partial charge in [0.2, 0.25) is 24.8 Å². The smallest absolute Gasteiger partial charge is 0.208 e. The van der Waals surface area contributed by atoms with Gasteiger partial charge < -0.3 is 0 Å². The van der Waals surface area contributed by atoms with Crippen molar-refractivity contribution in [3.63, 3.8) is 0 Å². The van der Waals surface area contributed by atoms with E-state index in [4.69, 9.17) is 0 Å². The number of hydrogen-bond donors (Lipinski definition) is 0. The summed E-state index contributed by atoms with van der Waals surface area (Å²) in [7, 11) is 0. The predicted molar refractivity (Wildman–Crippen MR) is 87.9 cm³/mol. The summed E-state index contributed by atoms with van der Waals surface area (Å²) in [5.74, 6) is 0.689. The van der Waals surface area contributed by atoms with Crippen molar-refractivity contribution in [1.82, 2.24) is 0 Å². The molecule has 1 aromatic carbocycles. The zero-order valence-corrected chi connectivity index (χ0v) is 15.3. The molecule has 0 amide bonds. The van der Waals surface area contributed by atoms with Crippen molar-refractivity contribution in [2.75, 3.05) is 0 Å². The Hall–Kier alpha value is -0.934. The van der Waals surface area contributed by atoms with E-state index in [1.807, 2.05) is 36.9 Å². The normalized spacial score (nSPS) is 12.4. The first-order valence-corrected chi connectivity index (χ1v) is 7.51. The van der Waals surface area contributed by atoms with Gasteiger partial charge in [0.25, 0.3) is 0 Å². The molecule has 21 heavy (non-hydrogen) atoms. The second-order valence-corrected chi connectivity index (χ2v) is 5.15. The summed E-state index contributed by atoms with van der Waals surface area (Å²) < 4.78 is 2.19. The van der Waals surface area contributed by atoms with Gasteiger partial charge >= 0.3 is 23.1 Å². The molecule has 0 saturated heterocycles. The van der Waals surface area contributed by atoms with E-state index in [1.165, 1.54) is 18.4 Å². The van der Waals surface area contributed by atoms with Gasteiger partial charge in [-0.2, -0.15) is 40.5 Å². The van der Waals surface area contributed by atoms with E-state index in [0.717, 1.165) is 0 Å². The molecule has 0 aliphatic carbocycles. The summed E-state index contributed by atoms with van der Waals surface area (Å²) in [5, 5.41) is 0. The summed E-state index contributed by atoms with van der Waals surface area (Å²) in [6.07, 6.45) is 10.4. The molecule has 1 aromatic heterocycles. The van der Waals surface area contributed by atoms with Gasteiger partial charge in [-0.05, 0) is 12.8 Å². The van der Waals surface area contributed by atoms with Crippen LogP contribution in [0, 0.1) is 6.07 Å². The van der Waals surface area contributed by atoms with E-state index < -0.39 is 0 Å². The Morgan fingerprint density at radius 3 is 2.10 bits per heavy atom. The molecule has 2 unspecified atom stereocenters. The minimum Gasteiger partial charge on any atom is -0.208 e. The minimum atomic E-state index is 0. The van der Waals surface area contributed by atoms with Gasteiger partial charge in [0.05, 0.1) is 0 Å². The van der Waals surface area contributed by atoms with Gasteiger partial charge in [-0.3, -0.25) is 0 Å². The number of aromatic nitrogens is 2. The molecule has 108 valence electrons. The van der Waals surface area contributed by atoms with Crippen LogP contribution in [0.15, 0.2) is 49.1 Å². The van der Waals surface area contributed by atoms with Gasteiger partial charge in [-0.15, -0.1) is 0 Å². The molecule has 1 heterocycles. The summed E-state index contributed by atoms with van der Waals surface area (Å²) >= 11 is 0. The third-order valence-electron chi connectivity index (χ3n) is 3.71. The standard InChI is InChI=1S/C10H13.C8H13N2.Mg/c1-3-9(2)10-7-5-4-6-8-10;1-3-8(2)10-6-4-9-5-7-10;/h5-9H,3H2,1-2H3;4-8H,3H2,1-2H3;/q-1;+1;+2/p+1. The molecule has 0 aliphatic heterocycles. The number of nitrogens with one attached hydrogen (secondary N) is 1.